The molecular formula is C29H32F2O3Si. The van der Waals surface area contributed by atoms with Crippen molar-refractivity contribution in [3.05, 3.63) is 83.9 Å². The molecule has 0 atom stereocenters. The Balaban J connectivity index is 1.89. The SMILES string of the molecule is C=C(C)C(=O)OCc1cc(-c2ccc(-c3ccc([Si](C)(C)CCCC)cc3)c(F)c2F)ccc1O. The number of carbonyl (C=O) groups is 1. The monoisotopic (exact) mass is 494 g/mol. The molecule has 1 N–H and O–H groups in total. The minimum absolute atomic E-state index is 0.0588. The quantitative estimate of drug-likeness (QED) is 0.192. The molecular weight excluding hydrogens is 462 g/mol. The maximum absolute atomic E-state index is 15.2. The highest BCUT2D eigenvalue weighted by Gasteiger charge is 2.23. The molecule has 0 unspecified atom stereocenters. The second kappa shape index (κ2) is 11.0. The van der Waals surface area contributed by atoms with E-state index in [4.69, 9.17) is 4.74 Å². The van der Waals surface area contributed by atoms with Crippen LogP contribution in [0.2, 0.25) is 19.1 Å². The Bertz CT molecular complexity index is 1230. The first-order valence-corrected chi connectivity index (χ1v) is 15.0. The van der Waals surface area contributed by atoms with Gasteiger partial charge in [-0.05, 0) is 30.2 Å². The molecule has 3 aromatic carbocycles. The third kappa shape index (κ3) is 6.06. The molecule has 0 heterocycles. The number of carbonyl (C=O) groups excluding carboxylic acids is 1. The maximum Gasteiger partial charge on any atom is 0.333 e. The smallest absolute Gasteiger partial charge is 0.333 e. The third-order valence-electron chi connectivity index (χ3n) is 6.31. The summed E-state index contributed by atoms with van der Waals surface area (Å²) < 4.78 is 35.4. The average molecular weight is 495 g/mol. The Labute approximate surface area is 207 Å². The van der Waals surface area contributed by atoms with Gasteiger partial charge in [0.2, 0.25) is 0 Å². The lowest BCUT2D eigenvalue weighted by molar-refractivity contribution is -0.140. The van der Waals surface area contributed by atoms with Crippen LogP contribution in [0.15, 0.2) is 66.7 Å². The van der Waals surface area contributed by atoms with Gasteiger partial charge in [0.1, 0.15) is 12.4 Å². The molecule has 0 aliphatic heterocycles. The number of hydrogen-bond acceptors (Lipinski definition) is 3. The lowest BCUT2D eigenvalue weighted by Crippen LogP contribution is -2.40. The number of benzene rings is 3. The lowest BCUT2D eigenvalue weighted by atomic mass is 9.97. The van der Waals surface area contributed by atoms with Crippen LogP contribution in [-0.2, 0) is 16.1 Å². The molecule has 3 aromatic rings. The molecule has 35 heavy (non-hydrogen) atoms. The fourth-order valence-electron chi connectivity index (χ4n) is 3.99. The minimum Gasteiger partial charge on any atom is -0.508 e. The van der Waals surface area contributed by atoms with Crippen molar-refractivity contribution in [1.29, 1.82) is 0 Å². The van der Waals surface area contributed by atoms with Gasteiger partial charge in [0.15, 0.2) is 11.6 Å². The summed E-state index contributed by atoms with van der Waals surface area (Å²) in [6.07, 6.45) is 2.35. The summed E-state index contributed by atoms with van der Waals surface area (Å²) in [5.74, 6) is -2.61. The van der Waals surface area contributed by atoms with E-state index in [1.165, 1.54) is 48.8 Å². The van der Waals surface area contributed by atoms with Crippen molar-refractivity contribution in [1.82, 2.24) is 0 Å². The standard InChI is InChI=1S/C29H32F2O3Si/c1-6-7-16-35(4,5)23-11-8-20(9-12-23)24-13-14-25(28(31)27(24)30)21-10-15-26(32)22(17-21)18-34-29(33)19(2)3/h8-15,17,32H,2,6-7,16,18H2,1,3-5H3. The Kier molecular flexibility index (Phi) is 8.28. The largest absolute Gasteiger partial charge is 0.508 e. The summed E-state index contributed by atoms with van der Waals surface area (Å²) in [7, 11) is -1.56. The molecule has 0 aromatic heterocycles. The zero-order valence-corrected chi connectivity index (χ0v) is 21.8. The highest BCUT2D eigenvalue weighted by molar-refractivity contribution is 6.89. The van der Waals surface area contributed by atoms with E-state index < -0.39 is 25.7 Å². The van der Waals surface area contributed by atoms with E-state index in [-0.39, 0.29) is 34.6 Å². The lowest BCUT2D eigenvalue weighted by Gasteiger charge is -2.23. The Hall–Kier alpha value is -3.25. The van der Waals surface area contributed by atoms with Crippen LogP contribution in [0.25, 0.3) is 22.3 Å². The van der Waals surface area contributed by atoms with Crippen molar-refractivity contribution in [2.24, 2.45) is 0 Å². The van der Waals surface area contributed by atoms with Crippen LogP contribution >= 0.6 is 0 Å². The minimum atomic E-state index is -1.56. The van der Waals surface area contributed by atoms with E-state index >= 15 is 8.78 Å². The fraction of sp³-hybridized carbons (Fsp3) is 0.276. The Morgan fingerprint density at radius 1 is 0.971 bits per heavy atom. The van der Waals surface area contributed by atoms with Gasteiger partial charge in [-0.25, -0.2) is 13.6 Å². The summed E-state index contributed by atoms with van der Waals surface area (Å²) in [5.41, 5.74) is 1.75. The summed E-state index contributed by atoms with van der Waals surface area (Å²) >= 11 is 0. The number of phenols is 1. The first-order chi connectivity index (χ1) is 16.5. The number of ether oxygens (including phenoxy) is 1. The first kappa shape index (κ1) is 26.4. The molecule has 184 valence electrons. The van der Waals surface area contributed by atoms with E-state index in [1.807, 2.05) is 24.3 Å². The predicted octanol–water partition coefficient (Wildman–Crippen LogP) is 7.34. The van der Waals surface area contributed by atoms with Crippen LogP contribution in [0.4, 0.5) is 8.78 Å². The second-order valence-electron chi connectivity index (χ2n) is 9.55. The van der Waals surface area contributed by atoms with Crippen molar-refractivity contribution in [3.8, 4) is 28.0 Å². The number of hydrogen-bond donors (Lipinski definition) is 1. The predicted molar refractivity (Wildman–Crippen MR) is 140 cm³/mol. The average Bonchev–Trinajstić information content (AvgIpc) is 2.84. The van der Waals surface area contributed by atoms with Gasteiger partial charge in [0, 0.05) is 22.3 Å². The van der Waals surface area contributed by atoms with Gasteiger partial charge in [0.05, 0.1) is 8.07 Å². The van der Waals surface area contributed by atoms with E-state index in [0.29, 0.717) is 11.1 Å². The van der Waals surface area contributed by atoms with E-state index in [1.54, 1.807) is 6.07 Å². The number of halogens is 2. The van der Waals surface area contributed by atoms with Crippen LogP contribution in [0.3, 0.4) is 0 Å². The van der Waals surface area contributed by atoms with Crippen molar-refractivity contribution in [2.75, 3.05) is 0 Å². The van der Waals surface area contributed by atoms with Crippen molar-refractivity contribution >= 4 is 19.2 Å². The van der Waals surface area contributed by atoms with Gasteiger partial charge in [-0.3, -0.25) is 0 Å². The van der Waals surface area contributed by atoms with Crippen LogP contribution in [0.1, 0.15) is 32.3 Å². The van der Waals surface area contributed by atoms with Gasteiger partial charge in [-0.15, -0.1) is 0 Å². The summed E-state index contributed by atoms with van der Waals surface area (Å²) in [6.45, 7) is 11.7. The summed E-state index contributed by atoms with van der Waals surface area (Å²) in [5, 5.41) is 11.4. The molecule has 0 spiro atoms. The van der Waals surface area contributed by atoms with Gasteiger partial charge < -0.3 is 9.84 Å². The molecule has 0 fully saturated rings. The van der Waals surface area contributed by atoms with E-state index in [0.717, 1.165) is 6.42 Å². The second-order valence-corrected chi connectivity index (χ2v) is 14.4. The molecule has 0 radical (unpaired) electrons. The first-order valence-electron chi connectivity index (χ1n) is 11.8. The van der Waals surface area contributed by atoms with Crippen LogP contribution in [-0.4, -0.2) is 19.1 Å². The zero-order chi connectivity index (χ0) is 25.8. The van der Waals surface area contributed by atoms with Gasteiger partial charge in [-0.1, -0.05) is 93.1 Å². The van der Waals surface area contributed by atoms with Crippen molar-refractivity contribution in [2.45, 2.75) is 52.4 Å². The molecule has 0 saturated carbocycles. The molecule has 0 amide bonds. The highest BCUT2D eigenvalue weighted by atomic mass is 28.3. The molecule has 0 saturated heterocycles. The van der Waals surface area contributed by atoms with Crippen LogP contribution < -0.4 is 5.19 Å². The van der Waals surface area contributed by atoms with Crippen LogP contribution in [0, 0.1) is 11.6 Å². The van der Waals surface area contributed by atoms with E-state index in [9.17, 15) is 9.90 Å². The molecule has 0 bridgehead atoms. The normalized spacial score (nSPS) is 11.4. The number of phenolic OH excluding ortho intramolecular Hbond substituents is 1. The summed E-state index contributed by atoms with van der Waals surface area (Å²) in [6, 6.07) is 16.4. The number of esters is 1. The number of unbranched alkanes of at least 4 members (excludes halogenated alkanes) is 1. The number of aromatic hydroxyl groups is 1. The van der Waals surface area contributed by atoms with Crippen LogP contribution in [0.5, 0.6) is 5.75 Å². The van der Waals surface area contributed by atoms with Crippen molar-refractivity contribution in [3.63, 3.8) is 0 Å². The molecule has 6 heteroatoms. The van der Waals surface area contributed by atoms with Gasteiger partial charge in [0.25, 0.3) is 0 Å². The Morgan fingerprint density at radius 3 is 2.11 bits per heavy atom. The fourth-order valence-corrected chi connectivity index (χ4v) is 6.59. The molecule has 3 nitrogen and oxygen atoms in total. The maximum atomic E-state index is 15.2. The zero-order valence-electron chi connectivity index (χ0n) is 20.8. The molecule has 0 aliphatic rings. The van der Waals surface area contributed by atoms with Gasteiger partial charge in [-0.2, -0.15) is 0 Å². The molecule has 3 rings (SSSR count). The highest BCUT2D eigenvalue weighted by Crippen LogP contribution is 2.33. The van der Waals surface area contributed by atoms with Crippen molar-refractivity contribution < 1.29 is 23.4 Å². The third-order valence-corrected chi connectivity index (χ3v) is 9.81. The number of rotatable bonds is 9. The Morgan fingerprint density at radius 2 is 1.54 bits per heavy atom. The summed E-state index contributed by atoms with van der Waals surface area (Å²) in [4.78, 5) is 11.7. The van der Waals surface area contributed by atoms with Gasteiger partial charge >= 0.3 is 5.97 Å². The molecule has 0 aliphatic carbocycles. The topological polar surface area (TPSA) is 46.5 Å². The van der Waals surface area contributed by atoms with E-state index in [2.05, 4.69) is 26.6 Å².